The Balaban J connectivity index is 2.24. The number of amides is 1. The first kappa shape index (κ1) is 16.5. The number of carbonyl (C=O) groups excluding carboxylic acids is 1. The molecule has 0 spiro atoms. The zero-order valence-corrected chi connectivity index (χ0v) is 13.3. The van der Waals surface area contributed by atoms with Crippen LogP contribution >= 0.6 is 11.6 Å². The van der Waals surface area contributed by atoms with Gasteiger partial charge in [0, 0.05) is 5.69 Å². The third-order valence-electron chi connectivity index (χ3n) is 3.76. The number of aliphatic hydroxyl groups is 1. The van der Waals surface area contributed by atoms with E-state index in [0.717, 1.165) is 12.1 Å². The minimum absolute atomic E-state index is 0.108. The molecule has 1 amide bonds. The van der Waals surface area contributed by atoms with Crippen LogP contribution in [0.25, 0.3) is 5.69 Å². The molecule has 0 fully saturated rings. The molecule has 118 valence electrons. The van der Waals surface area contributed by atoms with E-state index in [1.807, 2.05) is 13.8 Å². The second-order valence-electron chi connectivity index (χ2n) is 5.18. The van der Waals surface area contributed by atoms with Crippen LogP contribution in [0.15, 0.2) is 30.9 Å². The van der Waals surface area contributed by atoms with Gasteiger partial charge in [0.05, 0.1) is 23.2 Å². The van der Waals surface area contributed by atoms with Crippen molar-refractivity contribution in [1.82, 2.24) is 20.1 Å². The fourth-order valence-corrected chi connectivity index (χ4v) is 2.28. The van der Waals surface area contributed by atoms with Gasteiger partial charge in [0.2, 0.25) is 0 Å². The molecule has 0 aliphatic carbocycles. The number of hydrogen-bond donors (Lipinski definition) is 2. The molecule has 0 unspecified atom stereocenters. The Labute approximate surface area is 134 Å². The molecule has 0 saturated carbocycles. The van der Waals surface area contributed by atoms with E-state index < -0.39 is 0 Å². The summed E-state index contributed by atoms with van der Waals surface area (Å²) in [4.78, 5) is 12.4. The van der Waals surface area contributed by atoms with Crippen LogP contribution in [0.5, 0.6) is 0 Å². The number of nitrogens with zero attached hydrogens (tertiary/aromatic N) is 3. The van der Waals surface area contributed by atoms with Crippen molar-refractivity contribution in [3.63, 3.8) is 0 Å². The van der Waals surface area contributed by atoms with E-state index in [1.54, 1.807) is 35.4 Å². The first-order valence-corrected chi connectivity index (χ1v) is 7.50. The molecule has 1 heterocycles. The van der Waals surface area contributed by atoms with Gasteiger partial charge in [0.1, 0.15) is 12.7 Å². The van der Waals surface area contributed by atoms with E-state index in [2.05, 4.69) is 15.5 Å². The van der Waals surface area contributed by atoms with Crippen LogP contribution < -0.4 is 5.32 Å². The van der Waals surface area contributed by atoms with Crippen molar-refractivity contribution in [1.29, 1.82) is 0 Å². The van der Waals surface area contributed by atoms with Gasteiger partial charge >= 0.3 is 0 Å². The highest BCUT2D eigenvalue weighted by Gasteiger charge is 2.20. The summed E-state index contributed by atoms with van der Waals surface area (Å²) in [6.45, 7) is 3.89. The predicted octanol–water partition coefficient (Wildman–Crippen LogP) is 2.06. The van der Waals surface area contributed by atoms with Crippen molar-refractivity contribution < 1.29 is 9.90 Å². The minimum atomic E-state index is -0.306. The third kappa shape index (κ3) is 3.64. The molecule has 0 saturated heterocycles. The van der Waals surface area contributed by atoms with Gasteiger partial charge in [-0.15, -0.1) is 10.2 Å². The molecular weight excluding hydrogens is 304 g/mol. The molecular formula is C15H19ClN4O2. The zero-order valence-electron chi connectivity index (χ0n) is 12.5. The van der Waals surface area contributed by atoms with Crippen LogP contribution in [-0.2, 0) is 0 Å². The van der Waals surface area contributed by atoms with Crippen LogP contribution in [0.1, 0.15) is 30.6 Å². The largest absolute Gasteiger partial charge is 0.394 e. The molecule has 7 heteroatoms. The highest BCUT2D eigenvalue weighted by atomic mass is 35.5. The molecule has 0 radical (unpaired) electrons. The highest BCUT2D eigenvalue weighted by Crippen LogP contribution is 2.20. The molecule has 6 nitrogen and oxygen atoms in total. The Morgan fingerprint density at radius 1 is 1.41 bits per heavy atom. The summed E-state index contributed by atoms with van der Waals surface area (Å²) in [5, 5.41) is 20.1. The lowest BCUT2D eigenvalue weighted by atomic mass is 9.99. The number of halogens is 1. The Bertz CT molecular complexity index is 630. The highest BCUT2D eigenvalue weighted by molar-refractivity contribution is 6.33. The normalized spacial score (nSPS) is 13.6. The van der Waals surface area contributed by atoms with Gasteiger partial charge in [-0.05, 0) is 24.1 Å². The number of benzene rings is 1. The van der Waals surface area contributed by atoms with Gasteiger partial charge in [-0.2, -0.15) is 0 Å². The van der Waals surface area contributed by atoms with Crippen LogP contribution in [-0.4, -0.2) is 38.4 Å². The second kappa shape index (κ2) is 7.38. The fourth-order valence-electron chi connectivity index (χ4n) is 2.08. The maximum Gasteiger partial charge on any atom is 0.253 e. The van der Waals surface area contributed by atoms with Gasteiger partial charge in [-0.3, -0.25) is 9.36 Å². The molecule has 0 aliphatic heterocycles. The van der Waals surface area contributed by atoms with Crippen LogP contribution in [0.4, 0.5) is 0 Å². The van der Waals surface area contributed by atoms with Gasteiger partial charge < -0.3 is 10.4 Å². The molecule has 22 heavy (non-hydrogen) atoms. The van der Waals surface area contributed by atoms with Crippen molar-refractivity contribution in [3.05, 3.63) is 41.4 Å². The number of aromatic nitrogens is 3. The second-order valence-corrected chi connectivity index (χ2v) is 5.59. The summed E-state index contributed by atoms with van der Waals surface area (Å²) in [6, 6.07) is 4.81. The van der Waals surface area contributed by atoms with E-state index in [0.29, 0.717) is 10.6 Å². The molecule has 0 aliphatic rings. The summed E-state index contributed by atoms with van der Waals surface area (Å²) in [5.41, 5.74) is 1.10. The van der Waals surface area contributed by atoms with Crippen LogP contribution in [0, 0.1) is 5.92 Å². The fraction of sp³-hybridized carbons (Fsp3) is 0.400. The smallest absolute Gasteiger partial charge is 0.253 e. The summed E-state index contributed by atoms with van der Waals surface area (Å²) in [5.74, 6) is -0.131. The average molecular weight is 323 g/mol. The maximum atomic E-state index is 12.4. The Morgan fingerprint density at radius 3 is 2.68 bits per heavy atom. The van der Waals surface area contributed by atoms with Gasteiger partial charge in [-0.25, -0.2) is 0 Å². The molecule has 2 N–H and O–H groups in total. The lowest BCUT2D eigenvalue weighted by molar-refractivity contribution is 0.0891. The molecule has 1 aromatic carbocycles. The van der Waals surface area contributed by atoms with E-state index in [9.17, 15) is 9.90 Å². The molecule has 2 aromatic rings. The number of hydrogen-bond acceptors (Lipinski definition) is 4. The number of rotatable bonds is 6. The van der Waals surface area contributed by atoms with Gasteiger partial charge in [0.15, 0.2) is 0 Å². The van der Waals surface area contributed by atoms with Crippen molar-refractivity contribution in [2.75, 3.05) is 6.61 Å². The van der Waals surface area contributed by atoms with E-state index in [1.165, 1.54) is 0 Å². The summed E-state index contributed by atoms with van der Waals surface area (Å²) in [6.07, 6.45) is 3.95. The maximum absolute atomic E-state index is 12.4. The summed E-state index contributed by atoms with van der Waals surface area (Å²) >= 11 is 6.13. The number of nitrogens with one attached hydrogen (secondary N) is 1. The molecule has 2 rings (SSSR count). The zero-order chi connectivity index (χ0) is 16.1. The standard InChI is InChI=1S/C15H19ClN4O2/c1-3-10(2)14(7-21)19-15(22)12-6-11(4-5-13(12)16)20-8-17-18-9-20/h4-6,8-10,14,21H,3,7H2,1-2H3,(H,19,22)/t10-,14-/m1/s1. The lowest BCUT2D eigenvalue weighted by Crippen LogP contribution is -2.42. The summed E-state index contributed by atoms with van der Waals surface area (Å²) < 4.78 is 1.69. The molecule has 2 atom stereocenters. The topological polar surface area (TPSA) is 80.0 Å². The lowest BCUT2D eigenvalue weighted by Gasteiger charge is -2.22. The van der Waals surface area contributed by atoms with Crippen molar-refractivity contribution in [3.8, 4) is 5.69 Å². The van der Waals surface area contributed by atoms with Gasteiger partial charge in [0.25, 0.3) is 5.91 Å². The monoisotopic (exact) mass is 322 g/mol. The quantitative estimate of drug-likeness (QED) is 0.853. The predicted molar refractivity (Wildman–Crippen MR) is 84.2 cm³/mol. The average Bonchev–Trinajstić information content (AvgIpc) is 3.06. The van der Waals surface area contributed by atoms with Crippen molar-refractivity contribution >= 4 is 17.5 Å². The first-order valence-electron chi connectivity index (χ1n) is 7.13. The molecule has 0 bridgehead atoms. The number of carbonyl (C=O) groups is 1. The van der Waals surface area contributed by atoms with E-state index in [-0.39, 0.29) is 24.5 Å². The summed E-state index contributed by atoms with van der Waals surface area (Å²) in [7, 11) is 0. The SMILES string of the molecule is CC[C@@H](C)[C@@H](CO)NC(=O)c1cc(-n2cnnc2)ccc1Cl. The van der Waals surface area contributed by atoms with E-state index in [4.69, 9.17) is 11.6 Å². The van der Waals surface area contributed by atoms with Crippen LogP contribution in [0.2, 0.25) is 5.02 Å². The third-order valence-corrected chi connectivity index (χ3v) is 4.09. The van der Waals surface area contributed by atoms with E-state index >= 15 is 0 Å². The number of aliphatic hydroxyl groups excluding tert-OH is 1. The van der Waals surface area contributed by atoms with Gasteiger partial charge in [-0.1, -0.05) is 31.9 Å². The van der Waals surface area contributed by atoms with Crippen LogP contribution in [0.3, 0.4) is 0 Å². The Kier molecular flexibility index (Phi) is 5.51. The molecule has 1 aromatic heterocycles. The Hall–Kier alpha value is -1.92. The first-order chi connectivity index (χ1) is 10.6. The van der Waals surface area contributed by atoms with Crippen molar-refractivity contribution in [2.24, 2.45) is 5.92 Å². The minimum Gasteiger partial charge on any atom is -0.394 e. The Morgan fingerprint density at radius 2 is 2.09 bits per heavy atom. The van der Waals surface area contributed by atoms with Crippen molar-refractivity contribution in [2.45, 2.75) is 26.3 Å².